The first-order chi connectivity index (χ1) is 6.52. The van der Waals surface area contributed by atoms with Crippen molar-refractivity contribution >= 4 is 5.97 Å². The molecular weight excluding hydrogens is 182 g/mol. The van der Waals surface area contributed by atoms with Gasteiger partial charge in [-0.25, -0.2) is 0 Å². The number of nitrogens with one attached hydrogen (secondary N) is 1. The van der Waals surface area contributed by atoms with Gasteiger partial charge < -0.3 is 15.2 Å². The SMILES string of the molecule is COC(=O)CCCNC(C)(C)CCO. The highest BCUT2D eigenvalue weighted by Gasteiger charge is 2.15. The Hall–Kier alpha value is -0.610. The fraction of sp³-hybridized carbons (Fsp3) is 0.900. The van der Waals surface area contributed by atoms with Gasteiger partial charge in [0.2, 0.25) is 0 Å². The molecule has 0 fully saturated rings. The van der Waals surface area contributed by atoms with Gasteiger partial charge in [0.25, 0.3) is 0 Å². The van der Waals surface area contributed by atoms with Gasteiger partial charge in [0.1, 0.15) is 0 Å². The number of carbonyl (C=O) groups is 1. The predicted molar refractivity (Wildman–Crippen MR) is 55.0 cm³/mol. The molecule has 0 aromatic heterocycles. The van der Waals surface area contributed by atoms with Crippen LogP contribution in [0.15, 0.2) is 0 Å². The maximum atomic E-state index is 10.8. The van der Waals surface area contributed by atoms with E-state index in [0.29, 0.717) is 12.8 Å². The smallest absolute Gasteiger partial charge is 0.305 e. The van der Waals surface area contributed by atoms with Gasteiger partial charge in [-0.15, -0.1) is 0 Å². The number of hydrogen-bond acceptors (Lipinski definition) is 4. The van der Waals surface area contributed by atoms with Crippen LogP contribution in [0.25, 0.3) is 0 Å². The van der Waals surface area contributed by atoms with Crippen molar-refractivity contribution in [1.82, 2.24) is 5.32 Å². The lowest BCUT2D eigenvalue weighted by Gasteiger charge is -2.25. The van der Waals surface area contributed by atoms with Gasteiger partial charge in [0, 0.05) is 18.6 Å². The van der Waals surface area contributed by atoms with Crippen molar-refractivity contribution in [1.29, 1.82) is 0 Å². The van der Waals surface area contributed by atoms with Gasteiger partial charge in [-0.3, -0.25) is 4.79 Å². The Labute approximate surface area is 85.6 Å². The van der Waals surface area contributed by atoms with Crippen LogP contribution >= 0.6 is 0 Å². The first-order valence-electron chi connectivity index (χ1n) is 4.94. The van der Waals surface area contributed by atoms with E-state index in [0.717, 1.165) is 13.0 Å². The van der Waals surface area contributed by atoms with Crippen molar-refractivity contribution < 1.29 is 14.6 Å². The molecule has 4 heteroatoms. The number of hydrogen-bond donors (Lipinski definition) is 2. The number of esters is 1. The molecule has 0 atom stereocenters. The zero-order chi connectivity index (χ0) is 11.0. The van der Waals surface area contributed by atoms with E-state index in [4.69, 9.17) is 5.11 Å². The Bertz CT molecular complexity index is 169. The van der Waals surface area contributed by atoms with Crippen LogP contribution in [0.4, 0.5) is 0 Å². The van der Waals surface area contributed by atoms with Gasteiger partial charge in [-0.1, -0.05) is 0 Å². The van der Waals surface area contributed by atoms with Crippen LogP contribution in [-0.2, 0) is 9.53 Å². The fourth-order valence-corrected chi connectivity index (χ4v) is 1.13. The monoisotopic (exact) mass is 203 g/mol. The van der Waals surface area contributed by atoms with E-state index >= 15 is 0 Å². The molecule has 0 aliphatic carbocycles. The van der Waals surface area contributed by atoms with Gasteiger partial charge in [-0.2, -0.15) is 0 Å². The molecule has 0 aliphatic rings. The summed E-state index contributed by atoms with van der Waals surface area (Å²) in [5.74, 6) is -0.174. The second-order valence-corrected chi connectivity index (χ2v) is 3.96. The van der Waals surface area contributed by atoms with E-state index in [-0.39, 0.29) is 18.1 Å². The summed E-state index contributed by atoms with van der Waals surface area (Å²) in [5, 5.41) is 12.0. The molecule has 0 unspecified atom stereocenters. The molecule has 0 bridgehead atoms. The van der Waals surface area contributed by atoms with Gasteiger partial charge >= 0.3 is 5.97 Å². The van der Waals surface area contributed by atoms with E-state index < -0.39 is 0 Å². The second kappa shape index (κ2) is 6.79. The number of aliphatic hydroxyl groups is 1. The lowest BCUT2D eigenvalue weighted by molar-refractivity contribution is -0.140. The van der Waals surface area contributed by atoms with Gasteiger partial charge in [0.05, 0.1) is 7.11 Å². The van der Waals surface area contributed by atoms with Crippen molar-refractivity contribution in [2.75, 3.05) is 20.3 Å². The Balaban J connectivity index is 3.48. The summed E-state index contributed by atoms with van der Waals surface area (Å²) in [4.78, 5) is 10.8. The summed E-state index contributed by atoms with van der Waals surface area (Å²) in [5.41, 5.74) is -0.0646. The average molecular weight is 203 g/mol. The van der Waals surface area contributed by atoms with Crippen LogP contribution in [0.5, 0.6) is 0 Å². The van der Waals surface area contributed by atoms with E-state index in [1.54, 1.807) is 0 Å². The van der Waals surface area contributed by atoms with Crippen molar-refractivity contribution in [3.05, 3.63) is 0 Å². The van der Waals surface area contributed by atoms with E-state index in [1.165, 1.54) is 7.11 Å². The third kappa shape index (κ3) is 6.86. The molecule has 0 heterocycles. The molecule has 0 rings (SSSR count). The van der Waals surface area contributed by atoms with Crippen LogP contribution in [0, 0.1) is 0 Å². The second-order valence-electron chi connectivity index (χ2n) is 3.96. The highest BCUT2D eigenvalue weighted by atomic mass is 16.5. The fourth-order valence-electron chi connectivity index (χ4n) is 1.13. The molecule has 0 aromatic rings. The van der Waals surface area contributed by atoms with Crippen molar-refractivity contribution in [2.24, 2.45) is 0 Å². The summed E-state index contributed by atoms with van der Waals surface area (Å²) in [6.45, 7) is 5.00. The number of ether oxygens (including phenoxy) is 1. The summed E-state index contributed by atoms with van der Waals surface area (Å²) in [7, 11) is 1.39. The highest BCUT2D eigenvalue weighted by Crippen LogP contribution is 2.07. The molecule has 4 nitrogen and oxygen atoms in total. The molecule has 0 aromatic carbocycles. The molecule has 0 spiro atoms. The molecule has 0 saturated carbocycles. The normalized spacial score (nSPS) is 11.4. The molecule has 0 saturated heterocycles. The Kier molecular flexibility index (Phi) is 6.49. The summed E-state index contributed by atoms with van der Waals surface area (Å²) >= 11 is 0. The van der Waals surface area contributed by atoms with E-state index in [2.05, 4.69) is 10.1 Å². The zero-order valence-corrected chi connectivity index (χ0v) is 9.30. The van der Waals surface area contributed by atoms with Gasteiger partial charge in [0.15, 0.2) is 0 Å². The topological polar surface area (TPSA) is 58.6 Å². The first-order valence-corrected chi connectivity index (χ1v) is 4.94. The van der Waals surface area contributed by atoms with Crippen LogP contribution in [-0.4, -0.2) is 36.9 Å². The molecular formula is C10H21NO3. The number of methoxy groups -OCH3 is 1. The summed E-state index contributed by atoms with van der Waals surface area (Å²) < 4.78 is 4.52. The highest BCUT2D eigenvalue weighted by molar-refractivity contribution is 5.69. The van der Waals surface area contributed by atoms with Crippen LogP contribution in [0.2, 0.25) is 0 Å². The van der Waals surface area contributed by atoms with Gasteiger partial charge in [-0.05, 0) is 33.2 Å². The van der Waals surface area contributed by atoms with Crippen LogP contribution in [0.1, 0.15) is 33.1 Å². The quantitative estimate of drug-likeness (QED) is 0.472. The molecule has 0 radical (unpaired) electrons. The molecule has 2 N–H and O–H groups in total. The Morgan fingerprint density at radius 3 is 2.64 bits per heavy atom. The lowest BCUT2D eigenvalue weighted by Crippen LogP contribution is -2.40. The predicted octanol–water partition coefficient (Wildman–Crippen LogP) is 0.690. The largest absolute Gasteiger partial charge is 0.469 e. The molecule has 0 aliphatic heterocycles. The van der Waals surface area contributed by atoms with Crippen molar-refractivity contribution in [3.8, 4) is 0 Å². The lowest BCUT2D eigenvalue weighted by atomic mass is 10.0. The summed E-state index contributed by atoms with van der Waals surface area (Å²) in [6.07, 6.45) is 1.92. The molecule has 0 amide bonds. The number of carbonyl (C=O) groups excluding carboxylic acids is 1. The maximum Gasteiger partial charge on any atom is 0.305 e. The Morgan fingerprint density at radius 2 is 2.14 bits per heavy atom. The minimum Gasteiger partial charge on any atom is -0.469 e. The standard InChI is InChI=1S/C10H21NO3/c1-10(2,6-8-12)11-7-4-5-9(13)14-3/h11-12H,4-8H2,1-3H3. The number of rotatable bonds is 7. The minimum atomic E-state index is -0.174. The maximum absolute atomic E-state index is 10.8. The third-order valence-corrected chi connectivity index (χ3v) is 2.13. The molecule has 14 heavy (non-hydrogen) atoms. The average Bonchev–Trinajstić information content (AvgIpc) is 2.12. The first kappa shape index (κ1) is 13.4. The van der Waals surface area contributed by atoms with Crippen LogP contribution < -0.4 is 5.32 Å². The van der Waals surface area contributed by atoms with Crippen LogP contribution in [0.3, 0.4) is 0 Å². The van der Waals surface area contributed by atoms with E-state index in [1.807, 2.05) is 13.8 Å². The zero-order valence-electron chi connectivity index (χ0n) is 9.30. The van der Waals surface area contributed by atoms with E-state index in [9.17, 15) is 4.79 Å². The minimum absolute atomic E-state index is 0.0646. The molecule has 84 valence electrons. The number of aliphatic hydroxyl groups excluding tert-OH is 1. The third-order valence-electron chi connectivity index (χ3n) is 2.13. The Morgan fingerprint density at radius 1 is 1.50 bits per heavy atom. The summed E-state index contributed by atoms with van der Waals surface area (Å²) in [6, 6.07) is 0. The van der Waals surface area contributed by atoms with Crippen molar-refractivity contribution in [3.63, 3.8) is 0 Å². The van der Waals surface area contributed by atoms with Crippen molar-refractivity contribution in [2.45, 2.75) is 38.6 Å².